The van der Waals surface area contributed by atoms with Gasteiger partial charge in [-0.2, -0.15) is 5.10 Å². The minimum atomic E-state index is 0.106. The fourth-order valence-corrected chi connectivity index (χ4v) is 4.08. The molecule has 0 bridgehead atoms. The lowest BCUT2D eigenvalue weighted by molar-refractivity contribution is -0.143. The monoisotopic (exact) mass is 291 g/mol. The van der Waals surface area contributed by atoms with Gasteiger partial charge in [0.15, 0.2) is 0 Å². The predicted octanol–water partition coefficient (Wildman–Crippen LogP) is 1.82. The Morgan fingerprint density at radius 3 is 2.90 bits per heavy atom. The molecule has 2 atom stereocenters. The summed E-state index contributed by atoms with van der Waals surface area (Å²) in [7, 11) is 1.87. The van der Waals surface area contributed by atoms with Gasteiger partial charge in [-0.05, 0) is 31.7 Å². The molecule has 0 radical (unpaired) electrons. The summed E-state index contributed by atoms with van der Waals surface area (Å²) in [6.45, 7) is 2.82. The SMILES string of the molecule is CCO[C@H]1C[C@@H](NC(=O)Cc2cnn(C)c2)C12CCCC2. The Labute approximate surface area is 126 Å². The van der Waals surface area contributed by atoms with Crippen molar-refractivity contribution < 1.29 is 9.53 Å². The Kier molecular flexibility index (Phi) is 4.02. The number of rotatable bonds is 5. The average Bonchev–Trinajstić information content (AvgIpc) is 3.08. The first-order valence-corrected chi connectivity index (χ1v) is 8.02. The minimum Gasteiger partial charge on any atom is -0.378 e. The number of carbonyl (C=O) groups is 1. The van der Waals surface area contributed by atoms with Crippen molar-refractivity contribution in [1.82, 2.24) is 15.1 Å². The number of nitrogens with zero attached hydrogens (tertiary/aromatic N) is 2. The zero-order valence-corrected chi connectivity index (χ0v) is 13.0. The van der Waals surface area contributed by atoms with Crippen LogP contribution in [0.2, 0.25) is 0 Å². The second kappa shape index (κ2) is 5.79. The normalized spacial score (nSPS) is 26.8. The first kappa shape index (κ1) is 14.6. The first-order chi connectivity index (χ1) is 10.1. The molecule has 1 aromatic heterocycles. The fraction of sp³-hybridized carbons (Fsp3) is 0.750. The Bertz CT molecular complexity index is 505. The van der Waals surface area contributed by atoms with Gasteiger partial charge in [-0.1, -0.05) is 12.8 Å². The molecular weight excluding hydrogens is 266 g/mol. The molecule has 1 N–H and O–H groups in total. The van der Waals surface area contributed by atoms with Crippen LogP contribution in [0.15, 0.2) is 12.4 Å². The number of aryl methyl sites for hydroxylation is 1. The van der Waals surface area contributed by atoms with Crippen LogP contribution in [0.1, 0.15) is 44.6 Å². The Balaban J connectivity index is 1.58. The van der Waals surface area contributed by atoms with Crippen molar-refractivity contribution in [2.45, 2.75) is 57.6 Å². The van der Waals surface area contributed by atoms with E-state index in [2.05, 4.69) is 17.3 Å². The third-order valence-corrected chi connectivity index (χ3v) is 5.15. The maximum Gasteiger partial charge on any atom is 0.224 e. The van der Waals surface area contributed by atoms with Crippen LogP contribution >= 0.6 is 0 Å². The Hall–Kier alpha value is -1.36. The molecule has 1 heterocycles. The molecule has 1 aromatic rings. The van der Waals surface area contributed by atoms with E-state index < -0.39 is 0 Å². The highest BCUT2D eigenvalue weighted by atomic mass is 16.5. The van der Waals surface area contributed by atoms with Gasteiger partial charge in [0.2, 0.25) is 5.91 Å². The van der Waals surface area contributed by atoms with Gasteiger partial charge in [0.05, 0.1) is 18.7 Å². The quantitative estimate of drug-likeness (QED) is 0.900. The molecule has 0 aliphatic heterocycles. The largest absolute Gasteiger partial charge is 0.378 e. The zero-order valence-electron chi connectivity index (χ0n) is 13.0. The van der Waals surface area contributed by atoms with Crippen molar-refractivity contribution in [1.29, 1.82) is 0 Å². The van der Waals surface area contributed by atoms with E-state index in [1.807, 2.05) is 13.2 Å². The van der Waals surface area contributed by atoms with Gasteiger partial charge in [-0.25, -0.2) is 0 Å². The minimum absolute atomic E-state index is 0.106. The first-order valence-electron chi connectivity index (χ1n) is 8.02. The smallest absolute Gasteiger partial charge is 0.224 e. The second-order valence-corrected chi connectivity index (χ2v) is 6.44. The lowest BCUT2D eigenvalue weighted by Crippen LogP contribution is -2.63. The van der Waals surface area contributed by atoms with Gasteiger partial charge >= 0.3 is 0 Å². The molecule has 0 saturated heterocycles. The van der Waals surface area contributed by atoms with E-state index in [9.17, 15) is 4.79 Å². The van der Waals surface area contributed by atoms with E-state index in [1.165, 1.54) is 25.7 Å². The predicted molar refractivity (Wildman–Crippen MR) is 79.8 cm³/mol. The Morgan fingerprint density at radius 2 is 2.29 bits per heavy atom. The molecule has 21 heavy (non-hydrogen) atoms. The summed E-state index contributed by atoms with van der Waals surface area (Å²) in [5, 5.41) is 7.35. The highest BCUT2D eigenvalue weighted by molar-refractivity contribution is 5.79. The van der Waals surface area contributed by atoms with Crippen LogP contribution in [0.5, 0.6) is 0 Å². The lowest BCUT2D eigenvalue weighted by Gasteiger charge is -2.54. The molecule has 2 aliphatic rings. The number of nitrogens with one attached hydrogen (secondary N) is 1. The van der Waals surface area contributed by atoms with Gasteiger partial charge in [0.1, 0.15) is 0 Å². The molecule has 1 spiro atoms. The van der Waals surface area contributed by atoms with E-state index in [1.54, 1.807) is 10.9 Å². The van der Waals surface area contributed by atoms with Gasteiger partial charge in [-0.15, -0.1) is 0 Å². The highest BCUT2D eigenvalue weighted by Crippen LogP contribution is 2.54. The van der Waals surface area contributed by atoms with Crippen LogP contribution in [0.3, 0.4) is 0 Å². The van der Waals surface area contributed by atoms with E-state index in [0.717, 1.165) is 18.6 Å². The summed E-state index contributed by atoms with van der Waals surface area (Å²) >= 11 is 0. The maximum atomic E-state index is 12.2. The number of carbonyl (C=O) groups excluding carboxylic acids is 1. The van der Waals surface area contributed by atoms with Crippen LogP contribution in [0.25, 0.3) is 0 Å². The van der Waals surface area contributed by atoms with Gasteiger partial charge in [0, 0.05) is 31.3 Å². The molecule has 2 fully saturated rings. The topological polar surface area (TPSA) is 56.1 Å². The van der Waals surface area contributed by atoms with Gasteiger partial charge < -0.3 is 10.1 Å². The summed E-state index contributed by atoms with van der Waals surface area (Å²) in [6, 6.07) is 0.292. The number of amides is 1. The van der Waals surface area contributed by atoms with Crippen LogP contribution < -0.4 is 5.32 Å². The van der Waals surface area contributed by atoms with Crippen LogP contribution in [0, 0.1) is 5.41 Å². The van der Waals surface area contributed by atoms with Crippen molar-refractivity contribution >= 4 is 5.91 Å². The number of aromatic nitrogens is 2. The summed E-state index contributed by atoms with van der Waals surface area (Å²) in [4.78, 5) is 12.2. The summed E-state index contributed by atoms with van der Waals surface area (Å²) < 4.78 is 7.62. The summed E-state index contributed by atoms with van der Waals surface area (Å²) in [5.41, 5.74) is 1.18. The molecule has 2 aliphatic carbocycles. The molecule has 1 amide bonds. The van der Waals surface area contributed by atoms with E-state index >= 15 is 0 Å². The van der Waals surface area contributed by atoms with Crippen LogP contribution in [0.4, 0.5) is 0 Å². The standard InChI is InChI=1S/C16H25N3O2/c1-3-21-14-9-13(16(14)6-4-5-7-16)18-15(20)8-12-10-17-19(2)11-12/h10-11,13-14H,3-9H2,1-2H3,(H,18,20)/t13-,14+/m1/s1. The zero-order chi connectivity index (χ0) is 14.9. The van der Waals surface area contributed by atoms with E-state index in [-0.39, 0.29) is 11.3 Å². The van der Waals surface area contributed by atoms with Crippen molar-refractivity contribution in [3.05, 3.63) is 18.0 Å². The third-order valence-electron chi connectivity index (χ3n) is 5.15. The number of hydrogen-bond acceptors (Lipinski definition) is 3. The second-order valence-electron chi connectivity index (χ2n) is 6.44. The molecule has 5 nitrogen and oxygen atoms in total. The van der Waals surface area contributed by atoms with Crippen molar-refractivity contribution in [3.8, 4) is 0 Å². The average molecular weight is 291 g/mol. The molecule has 3 rings (SSSR count). The number of hydrogen-bond donors (Lipinski definition) is 1. The maximum absolute atomic E-state index is 12.2. The molecule has 2 saturated carbocycles. The van der Waals surface area contributed by atoms with Crippen LogP contribution in [-0.2, 0) is 23.0 Å². The molecule has 5 heteroatoms. The third kappa shape index (κ3) is 2.71. The molecular formula is C16H25N3O2. The van der Waals surface area contributed by atoms with Crippen LogP contribution in [-0.4, -0.2) is 34.4 Å². The van der Waals surface area contributed by atoms with Crippen molar-refractivity contribution in [2.75, 3.05) is 6.61 Å². The molecule has 0 unspecified atom stereocenters. The van der Waals surface area contributed by atoms with Gasteiger partial charge in [0.25, 0.3) is 0 Å². The Morgan fingerprint density at radius 1 is 1.52 bits per heavy atom. The molecule has 0 aromatic carbocycles. The van der Waals surface area contributed by atoms with E-state index in [0.29, 0.717) is 18.6 Å². The van der Waals surface area contributed by atoms with Crippen molar-refractivity contribution in [2.24, 2.45) is 12.5 Å². The molecule has 116 valence electrons. The summed E-state index contributed by atoms with van der Waals surface area (Å²) in [5.74, 6) is 0.106. The van der Waals surface area contributed by atoms with E-state index in [4.69, 9.17) is 4.74 Å². The fourth-order valence-electron chi connectivity index (χ4n) is 4.08. The number of ether oxygens (including phenoxy) is 1. The highest BCUT2D eigenvalue weighted by Gasteiger charge is 2.57. The van der Waals surface area contributed by atoms with Crippen molar-refractivity contribution in [3.63, 3.8) is 0 Å². The summed E-state index contributed by atoms with van der Waals surface area (Å²) in [6.07, 6.45) is 10.3. The lowest BCUT2D eigenvalue weighted by atomic mass is 9.60. The van der Waals surface area contributed by atoms with Gasteiger partial charge in [-0.3, -0.25) is 9.48 Å².